The number of aryl methyl sites for hydroxylation is 3. The quantitative estimate of drug-likeness (QED) is 0.805. The minimum absolute atomic E-state index is 0.384. The Morgan fingerprint density at radius 1 is 1.05 bits per heavy atom. The lowest BCUT2D eigenvalue weighted by Crippen LogP contribution is -2.07. The Kier molecular flexibility index (Phi) is 3.24. The molecule has 2 aromatic carbocycles. The molecule has 2 aromatic rings. The van der Waals surface area contributed by atoms with Gasteiger partial charge in [-0.15, -0.1) is 0 Å². The molecule has 1 aliphatic carbocycles. The molecule has 19 heavy (non-hydrogen) atoms. The van der Waals surface area contributed by atoms with Crippen molar-refractivity contribution in [2.24, 2.45) is 0 Å². The van der Waals surface area contributed by atoms with Gasteiger partial charge in [-0.2, -0.15) is 0 Å². The van der Waals surface area contributed by atoms with Crippen molar-refractivity contribution in [1.82, 2.24) is 0 Å². The predicted octanol–water partition coefficient (Wildman–Crippen LogP) is 5.06. The van der Waals surface area contributed by atoms with Crippen LogP contribution in [-0.2, 0) is 6.42 Å². The van der Waals surface area contributed by atoms with Gasteiger partial charge in [0.25, 0.3) is 0 Å². The molecule has 0 saturated heterocycles. The number of nitrogens with one attached hydrogen (secondary N) is 1. The first-order valence-corrected chi connectivity index (χ1v) is 7.13. The van der Waals surface area contributed by atoms with Gasteiger partial charge in [-0.1, -0.05) is 41.4 Å². The van der Waals surface area contributed by atoms with Gasteiger partial charge >= 0.3 is 0 Å². The van der Waals surface area contributed by atoms with Crippen molar-refractivity contribution in [2.75, 3.05) is 5.32 Å². The minimum Gasteiger partial charge on any atom is -0.377 e. The smallest absolute Gasteiger partial charge is 0.0640 e. The summed E-state index contributed by atoms with van der Waals surface area (Å²) < 4.78 is 0. The molecule has 0 aromatic heterocycles. The van der Waals surface area contributed by atoms with Crippen LogP contribution >= 0.6 is 11.6 Å². The van der Waals surface area contributed by atoms with Crippen LogP contribution in [0.4, 0.5) is 5.69 Å². The third-order valence-electron chi connectivity index (χ3n) is 3.83. The Bertz CT molecular complexity index is 619. The van der Waals surface area contributed by atoms with Crippen molar-refractivity contribution >= 4 is 17.3 Å². The Labute approximate surface area is 119 Å². The highest BCUT2D eigenvalue weighted by atomic mass is 35.5. The molecule has 0 spiro atoms. The monoisotopic (exact) mass is 271 g/mol. The van der Waals surface area contributed by atoms with E-state index in [1.54, 1.807) is 0 Å². The highest BCUT2D eigenvalue weighted by Crippen LogP contribution is 2.36. The number of rotatable bonds is 2. The first kappa shape index (κ1) is 12.6. The van der Waals surface area contributed by atoms with Gasteiger partial charge in [0.2, 0.25) is 0 Å². The molecule has 0 fully saturated rings. The molecule has 0 heterocycles. The SMILES string of the molecule is Cc1ccc(NC2CCc3ccc(C)cc32)c(Cl)c1. The number of benzene rings is 2. The Balaban J connectivity index is 1.88. The van der Waals surface area contributed by atoms with Crippen molar-refractivity contribution in [1.29, 1.82) is 0 Å². The predicted molar refractivity (Wildman–Crippen MR) is 82.1 cm³/mol. The summed E-state index contributed by atoms with van der Waals surface area (Å²) in [4.78, 5) is 0. The molecule has 1 nitrogen and oxygen atoms in total. The van der Waals surface area contributed by atoms with Crippen molar-refractivity contribution in [3.05, 3.63) is 63.7 Å². The largest absolute Gasteiger partial charge is 0.377 e. The van der Waals surface area contributed by atoms with Gasteiger partial charge in [-0.05, 0) is 55.5 Å². The van der Waals surface area contributed by atoms with Gasteiger partial charge in [0.15, 0.2) is 0 Å². The molecule has 0 amide bonds. The second kappa shape index (κ2) is 4.90. The summed E-state index contributed by atoms with van der Waals surface area (Å²) in [7, 11) is 0. The van der Waals surface area contributed by atoms with Gasteiger partial charge in [-0.25, -0.2) is 0 Å². The van der Waals surface area contributed by atoms with Crippen molar-refractivity contribution < 1.29 is 0 Å². The second-order valence-electron chi connectivity index (χ2n) is 5.42. The van der Waals surface area contributed by atoms with E-state index in [-0.39, 0.29) is 0 Å². The van der Waals surface area contributed by atoms with Crippen LogP contribution in [0.2, 0.25) is 5.02 Å². The Hall–Kier alpha value is -1.47. The van der Waals surface area contributed by atoms with Crippen molar-refractivity contribution in [3.63, 3.8) is 0 Å². The lowest BCUT2D eigenvalue weighted by atomic mass is 10.0. The summed E-state index contributed by atoms with van der Waals surface area (Å²) in [6.45, 7) is 4.21. The number of anilines is 1. The molecule has 1 atom stereocenters. The Morgan fingerprint density at radius 2 is 1.79 bits per heavy atom. The molecular weight excluding hydrogens is 254 g/mol. The van der Waals surface area contributed by atoms with Crippen LogP contribution < -0.4 is 5.32 Å². The molecule has 0 radical (unpaired) electrons. The fourth-order valence-corrected chi connectivity index (χ4v) is 3.09. The molecule has 0 bridgehead atoms. The van der Waals surface area contributed by atoms with Crippen molar-refractivity contribution in [3.8, 4) is 0 Å². The molecule has 0 aliphatic heterocycles. The van der Waals surface area contributed by atoms with Crippen LogP contribution in [0.3, 0.4) is 0 Å². The summed E-state index contributed by atoms with van der Waals surface area (Å²) in [5.41, 5.74) is 6.44. The van der Waals surface area contributed by atoms with E-state index in [4.69, 9.17) is 11.6 Å². The maximum atomic E-state index is 6.30. The third kappa shape index (κ3) is 2.48. The number of hydrogen-bond donors (Lipinski definition) is 1. The van der Waals surface area contributed by atoms with E-state index in [2.05, 4.69) is 49.5 Å². The van der Waals surface area contributed by atoms with Crippen LogP contribution in [0.1, 0.15) is 34.7 Å². The van der Waals surface area contributed by atoms with Gasteiger partial charge < -0.3 is 5.32 Å². The molecular formula is C17H18ClN. The third-order valence-corrected chi connectivity index (χ3v) is 4.15. The minimum atomic E-state index is 0.384. The lowest BCUT2D eigenvalue weighted by Gasteiger charge is -2.17. The van der Waals surface area contributed by atoms with Gasteiger partial charge in [0, 0.05) is 0 Å². The topological polar surface area (TPSA) is 12.0 Å². The lowest BCUT2D eigenvalue weighted by molar-refractivity contribution is 0.762. The molecule has 98 valence electrons. The summed E-state index contributed by atoms with van der Waals surface area (Å²) in [5.74, 6) is 0. The zero-order chi connectivity index (χ0) is 13.4. The van der Waals surface area contributed by atoms with Gasteiger partial charge in [-0.3, -0.25) is 0 Å². The molecule has 2 heteroatoms. The zero-order valence-corrected chi connectivity index (χ0v) is 12.1. The van der Waals surface area contributed by atoms with E-state index in [0.717, 1.165) is 23.6 Å². The first-order valence-electron chi connectivity index (χ1n) is 6.75. The van der Waals surface area contributed by atoms with E-state index in [1.165, 1.54) is 22.3 Å². The maximum Gasteiger partial charge on any atom is 0.0640 e. The zero-order valence-electron chi connectivity index (χ0n) is 11.3. The second-order valence-corrected chi connectivity index (χ2v) is 5.83. The molecule has 3 rings (SSSR count). The van der Waals surface area contributed by atoms with Crippen LogP contribution in [0.25, 0.3) is 0 Å². The van der Waals surface area contributed by atoms with Crippen molar-refractivity contribution in [2.45, 2.75) is 32.7 Å². The van der Waals surface area contributed by atoms with Crippen LogP contribution in [0, 0.1) is 13.8 Å². The average Bonchev–Trinajstić information content (AvgIpc) is 2.75. The molecule has 1 N–H and O–H groups in total. The van der Waals surface area contributed by atoms with E-state index in [0.29, 0.717) is 6.04 Å². The molecule has 1 unspecified atom stereocenters. The van der Waals surface area contributed by atoms with E-state index in [9.17, 15) is 0 Å². The van der Waals surface area contributed by atoms with Crippen LogP contribution in [0.15, 0.2) is 36.4 Å². The van der Waals surface area contributed by atoms with Crippen LogP contribution in [0.5, 0.6) is 0 Å². The van der Waals surface area contributed by atoms with E-state index in [1.807, 2.05) is 6.07 Å². The van der Waals surface area contributed by atoms with Crippen LogP contribution in [-0.4, -0.2) is 0 Å². The highest BCUT2D eigenvalue weighted by molar-refractivity contribution is 6.33. The van der Waals surface area contributed by atoms with E-state index < -0.39 is 0 Å². The summed E-state index contributed by atoms with van der Waals surface area (Å²) in [5, 5.41) is 4.39. The maximum absolute atomic E-state index is 6.30. The summed E-state index contributed by atoms with van der Waals surface area (Å²) in [6, 6.07) is 13.3. The average molecular weight is 272 g/mol. The summed E-state index contributed by atoms with van der Waals surface area (Å²) >= 11 is 6.30. The fourth-order valence-electron chi connectivity index (χ4n) is 2.80. The van der Waals surface area contributed by atoms with E-state index >= 15 is 0 Å². The normalized spacial score (nSPS) is 17.3. The molecule has 1 aliphatic rings. The number of halogens is 1. The highest BCUT2D eigenvalue weighted by Gasteiger charge is 2.22. The summed E-state index contributed by atoms with van der Waals surface area (Å²) in [6.07, 6.45) is 2.29. The Morgan fingerprint density at radius 3 is 2.58 bits per heavy atom. The number of hydrogen-bond acceptors (Lipinski definition) is 1. The standard InChI is InChI=1S/C17H18ClN/c1-11-3-5-13-6-8-16(14(13)9-11)19-17-7-4-12(2)10-15(17)18/h3-5,7,9-10,16,19H,6,8H2,1-2H3. The fraction of sp³-hybridized carbons (Fsp3) is 0.294. The van der Waals surface area contributed by atoms with Gasteiger partial charge in [0.05, 0.1) is 16.8 Å². The molecule has 0 saturated carbocycles. The number of fused-ring (bicyclic) bond motifs is 1. The van der Waals surface area contributed by atoms with Gasteiger partial charge in [0.1, 0.15) is 0 Å². The first-order chi connectivity index (χ1) is 9.13.